The summed E-state index contributed by atoms with van der Waals surface area (Å²) < 4.78 is 2.06. The van der Waals surface area contributed by atoms with Crippen LogP contribution in [-0.2, 0) is 10.2 Å². The maximum Gasteiger partial charge on any atom is 0.253 e. The van der Waals surface area contributed by atoms with Crippen LogP contribution in [0, 0.1) is 5.92 Å². The van der Waals surface area contributed by atoms with Crippen LogP contribution in [0.5, 0.6) is 0 Å². The van der Waals surface area contributed by atoms with E-state index in [0.717, 1.165) is 40.6 Å². The molecule has 1 N–H and O–H groups in total. The summed E-state index contributed by atoms with van der Waals surface area (Å²) in [6.45, 7) is 3.79. The number of pyridine rings is 1. The second-order valence-corrected chi connectivity index (χ2v) is 11.7. The van der Waals surface area contributed by atoms with Gasteiger partial charge in [0.15, 0.2) is 0 Å². The summed E-state index contributed by atoms with van der Waals surface area (Å²) in [6, 6.07) is 15.2. The van der Waals surface area contributed by atoms with Crippen molar-refractivity contribution < 1.29 is 9.59 Å². The quantitative estimate of drug-likeness (QED) is 0.280. The van der Waals surface area contributed by atoms with E-state index in [9.17, 15) is 9.59 Å². The zero-order chi connectivity index (χ0) is 28.9. The molecule has 8 nitrogen and oxygen atoms in total. The molecule has 1 saturated carbocycles. The minimum Gasteiger partial charge on any atom is -0.347 e. The molecule has 3 heterocycles. The Balaban J connectivity index is 1.31. The van der Waals surface area contributed by atoms with Gasteiger partial charge in [-0.15, -0.1) is 0 Å². The predicted molar refractivity (Wildman–Crippen MR) is 160 cm³/mol. The number of likely N-dealkylation sites (N-methyl/N-ethyl adjacent to an activating group) is 1. The first-order valence-electron chi connectivity index (χ1n) is 13.7. The van der Waals surface area contributed by atoms with E-state index in [4.69, 9.17) is 11.6 Å². The third kappa shape index (κ3) is 4.82. The highest BCUT2D eigenvalue weighted by atomic mass is 35.5. The molecule has 1 fully saturated rings. The van der Waals surface area contributed by atoms with Crippen LogP contribution in [0.3, 0.4) is 0 Å². The molecule has 0 bridgehead atoms. The van der Waals surface area contributed by atoms with E-state index in [2.05, 4.69) is 48.9 Å². The number of halogens is 1. The molecule has 3 aromatic heterocycles. The van der Waals surface area contributed by atoms with Gasteiger partial charge in [0.25, 0.3) is 5.91 Å². The summed E-state index contributed by atoms with van der Waals surface area (Å²) in [4.78, 5) is 40.8. The molecular weight excluding hydrogens is 536 g/mol. The van der Waals surface area contributed by atoms with Crippen LogP contribution < -0.4 is 5.32 Å². The maximum absolute atomic E-state index is 13.1. The lowest BCUT2D eigenvalue weighted by molar-refractivity contribution is -0.131. The van der Waals surface area contributed by atoms with E-state index in [1.807, 2.05) is 44.6 Å². The monoisotopic (exact) mass is 566 g/mol. The van der Waals surface area contributed by atoms with Crippen LogP contribution in [0.4, 0.5) is 0 Å². The number of rotatable bonds is 7. The zero-order valence-corrected chi connectivity index (χ0v) is 24.2. The highest BCUT2D eigenvalue weighted by Gasteiger charge is 2.48. The summed E-state index contributed by atoms with van der Waals surface area (Å²) >= 11 is 6.62. The smallest absolute Gasteiger partial charge is 0.253 e. The van der Waals surface area contributed by atoms with Crippen molar-refractivity contribution in [2.75, 3.05) is 14.1 Å². The number of amides is 2. The molecule has 1 aliphatic carbocycles. The molecule has 2 aromatic carbocycles. The van der Waals surface area contributed by atoms with Crippen molar-refractivity contribution in [1.29, 1.82) is 0 Å². The lowest BCUT2D eigenvalue weighted by Crippen LogP contribution is -2.49. The Kier molecular flexibility index (Phi) is 6.74. The number of hydrogen-bond donors (Lipinski definition) is 1. The molecule has 0 spiro atoms. The predicted octanol–water partition coefficient (Wildman–Crippen LogP) is 5.52. The second kappa shape index (κ2) is 10.3. The van der Waals surface area contributed by atoms with Gasteiger partial charge in [-0.3, -0.25) is 19.0 Å². The van der Waals surface area contributed by atoms with Gasteiger partial charge in [-0.25, -0.2) is 9.97 Å². The van der Waals surface area contributed by atoms with Gasteiger partial charge < -0.3 is 10.2 Å². The number of nitrogens with one attached hydrogen (secondary N) is 1. The van der Waals surface area contributed by atoms with Gasteiger partial charge >= 0.3 is 0 Å². The number of fused-ring (bicyclic) bond motifs is 2. The van der Waals surface area contributed by atoms with Crippen molar-refractivity contribution in [2.45, 2.75) is 38.1 Å². The van der Waals surface area contributed by atoms with Crippen molar-refractivity contribution in [1.82, 2.24) is 29.6 Å². The maximum atomic E-state index is 13.1. The Bertz CT molecular complexity index is 1810. The van der Waals surface area contributed by atoms with Gasteiger partial charge in [-0.05, 0) is 60.2 Å². The fourth-order valence-electron chi connectivity index (χ4n) is 5.46. The van der Waals surface area contributed by atoms with E-state index in [0.29, 0.717) is 16.4 Å². The van der Waals surface area contributed by atoms with Crippen molar-refractivity contribution in [3.8, 4) is 11.1 Å². The van der Waals surface area contributed by atoms with Gasteiger partial charge in [0.2, 0.25) is 11.7 Å². The first-order chi connectivity index (χ1) is 19.7. The van der Waals surface area contributed by atoms with Crippen LogP contribution in [0.15, 0.2) is 73.3 Å². The second-order valence-electron chi connectivity index (χ2n) is 11.3. The van der Waals surface area contributed by atoms with E-state index in [-0.39, 0.29) is 23.1 Å². The minimum atomic E-state index is -0.645. The summed E-state index contributed by atoms with van der Waals surface area (Å²) in [5.74, 6) is 0.00699. The summed E-state index contributed by atoms with van der Waals surface area (Å²) in [7, 11) is 3.35. The fourth-order valence-corrected chi connectivity index (χ4v) is 5.72. The number of benzene rings is 2. The van der Waals surface area contributed by atoms with E-state index in [1.165, 1.54) is 10.5 Å². The van der Waals surface area contributed by atoms with Gasteiger partial charge in [0, 0.05) is 49.1 Å². The van der Waals surface area contributed by atoms with Crippen LogP contribution >= 0.6 is 11.6 Å². The Labute approximate surface area is 243 Å². The number of carbonyl (C=O) groups is 2. The Hall–Kier alpha value is -4.30. The highest BCUT2D eigenvalue weighted by molar-refractivity contribution is 6.34. The van der Waals surface area contributed by atoms with Crippen molar-refractivity contribution in [3.63, 3.8) is 0 Å². The average Bonchev–Trinajstić information content (AvgIpc) is 3.66. The molecular formula is C32H31ClN6O2. The van der Waals surface area contributed by atoms with E-state index in [1.54, 1.807) is 32.4 Å². The Morgan fingerprint density at radius 2 is 1.78 bits per heavy atom. The summed E-state index contributed by atoms with van der Waals surface area (Å²) in [5.41, 5.74) is 5.19. The highest BCUT2D eigenvalue weighted by Crippen LogP contribution is 2.53. The first kappa shape index (κ1) is 26.9. The zero-order valence-electron chi connectivity index (χ0n) is 23.4. The van der Waals surface area contributed by atoms with Gasteiger partial charge in [0.05, 0.1) is 28.0 Å². The molecule has 6 rings (SSSR count). The van der Waals surface area contributed by atoms with Gasteiger partial charge in [-0.2, -0.15) is 0 Å². The molecule has 0 unspecified atom stereocenters. The molecule has 2 amide bonds. The molecule has 1 aliphatic rings. The number of nitrogens with zero attached hydrogens (tertiary/aromatic N) is 5. The number of imidazole rings is 1. The largest absolute Gasteiger partial charge is 0.347 e. The van der Waals surface area contributed by atoms with Gasteiger partial charge in [-0.1, -0.05) is 43.6 Å². The first-order valence-corrected chi connectivity index (χ1v) is 14.1. The molecule has 208 valence electrons. The number of aromatic nitrogens is 4. The average molecular weight is 567 g/mol. The van der Waals surface area contributed by atoms with Gasteiger partial charge in [0.1, 0.15) is 6.04 Å². The van der Waals surface area contributed by atoms with Crippen LogP contribution in [0.2, 0.25) is 5.02 Å². The molecule has 41 heavy (non-hydrogen) atoms. The number of hydrogen-bond acceptors (Lipinski definition) is 5. The summed E-state index contributed by atoms with van der Waals surface area (Å²) in [5, 5.41) is 4.27. The Morgan fingerprint density at radius 1 is 1.00 bits per heavy atom. The lowest BCUT2D eigenvalue weighted by atomic mass is 9.91. The van der Waals surface area contributed by atoms with Crippen LogP contribution in [-0.4, -0.2) is 56.2 Å². The van der Waals surface area contributed by atoms with Crippen LogP contribution in [0.1, 0.15) is 48.3 Å². The molecule has 1 atom stereocenters. The fraction of sp³-hybridized carbons (Fsp3) is 0.281. The SMILES string of the molecule is CC(C)[C@H](NC(=O)c1ccc(-c2cnc3ncc(C4(c5ccc6ncccc6c5)CC4)n3c2)cc1Cl)C(=O)N(C)C. The third-order valence-electron chi connectivity index (χ3n) is 7.97. The van der Waals surface area contributed by atoms with Crippen molar-refractivity contribution in [2.24, 2.45) is 5.92 Å². The number of carbonyl (C=O) groups excluding carboxylic acids is 2. The summed E-state index contributed by atoms with van der Waals surface area (Å²) in [6.07, 6.45) is 9.59. The molecule has 0 radical (unpaired) electrons. The Morgan fingerprint density at radius 3 is 2.49 bits per heavy atom. The molecule has 0 saturated heterocycles. The standard InChI is InChI=1S/C32H31ClN6O2/c1-19(2)28(30(41)38(3)4)37-29(40)24-9-7-20(15-25(24)33)22-16-35-31-36-17-27(39(31)18-22)32(11-12-32)23-8-10-26-21(14-23)6-5-13-34-26/h5-10,13-19,28H,11-12H2,1-4H3,(H,37,40)/t28-/m0/s1. The van der Waals surface area contributed by atoms with Crippen molar-refractivity contribution >= 4 is 40.1 Å². The lowest BCUT2D eigenvalue weighted by Gasteiger charge is -2.25. The molecule has 0 aliphatic heterocycles. The molecule has 5 aromatic rings. The van der Waals surface area contributed by atoms with E-state index >= 15 is 0 Å². The topological polar surface area (TPSA) is 92.5 Å². The molecule has 9 heteroatoms. The normalized spacial score (nSPS) is 14.8. The van der Waals surface area contributed by atoms with Crippen LogP contribution in [0.25, 0.3) is 27.8 Å². The third-order valence-corrected chi connectivity index (χ3v) is 8.28. The van der Waals surface area contributed by atoms with Crippen molar-refractivity contribution in [3.05, 3.63) is 95.2 Å². The van der Waals surface area contributed by atoms with E-state index < -0.39 is 6.04 Å². The minimum absolute atomic E-state index is 0.0740.